The third-order valence-corrected chi connectivity index (χ3v) is 3.98. The van der Waals surface area contributed by atoms with E-state index in [1.165, 1.54) is 0 Å². The number of fused-ring (bicyclic) bond motifs is 1. The second-order valence-electron chi connectivity index (χ2n) is 5.60. The molecule has 0 atom stereocenters. The van der Waals surface area contributed by atoms with Crippen molar-refractivity contribution in [1.82, 2.24) is 0 Å². The quantitative estimate of drug-likeness (QED) is 0.888. The summed E-state index contributed by atoms with van der Waals surface area (Å²) in [5.41, 5.74) is 3.12. The third kappa shape index (κ3) is 3.42. The number of hydrogen-bond donors (Lipinski definition) is 1. The maximum Gasteiger partial charge on any atom is 0.255 e. The molecule has 1 heterocycles. The van der Waals surface area contributed by atoms with Gasteiger partial charge in [-0.15, -0.1) is 0 Å². The summed E-state index contributed by atoms with van der Waals surface area (Å²) >= 11 is 6.24. The van der Waals surface area contributed by atoms with E-state index in [9.17, 15) is 4.79 Å². The average Bonchev–Trinajstić information content (AvgIpc) is 2.75. The molecule has 0 radical (unpaired) electrons. The van der Waals surface area contributed by atoms with Gasteiger partial charge >= 0.3 is 0 Å². The van der Waals surface area contributed by atoms with Crippen molar-refractivity contribution in [2.75, 3.05) is 18.5 Å². The van der Waals surface area contributed by atoms with Crippen LogP contribution in [0.1, 0.15) is 27.9 Å². The zero-order valence-electron chi connectivity index (χ0n) is 13.1. The van der Waals surface area contributed by atoms with Crippen LogP contribution in [0, 0.1) is 13.8 Å². The highest BCUT2D eigenvalue weighted by atomic mass is 35.5. The number of hydrogen-bond acceptors (Lipinski definition) is 3. The molecule has 0 saturated carbocycles. The van der Waals surface area contributed by atoms with Crippen molar-refractivity contribution in [3.63, 3.8) is 0 Å². The number of carbonyl (C=O) groups excluding carboxylic acids is 1. The molecule has 0 spiro atoms. The molecule has 4 nitrogen and oxygen atoms in total. The number of anilines is 1. The number of benzene rings is 2. The first-order valence-electron chi connectivity index (χ1n) is 7.52. The molecule has 1 aliphatic heterocycles. The number of halogens is 1. The summed E-state index contributed by atoms with van der Waals surface area (Å²) in [5.74, 6) is 1.04. The van der Waals surface area contributed by atoms with Crippen molar-refractivity contribution in [3.8, 4) is 11.5 Å². The molecule has 1 aliphatic rings. The minimum absolute atomic E-state index is 0.227. The Morgan fingerprint density at radius 3 is 2.57 bits per heavy atom. The Labute approximate surface area is 140 Å². The van der Waals surface area contributed by atoms with Crippen molar-refractivity contribution in [2.24, 2.45) is 0 Å². The van der Waals surface area contributed by atoms with Crippen LogP contribution < -0.4 is 14.8 Å². The molecule has 1 amide bonds. The van der Waals surface area contributed by atoms with Crippen LogP contribution in [-0.4, -0.2) is 19.1 Å². The molecule has 2 aromatic carbocycles. The molecule has 23 heavy (non-hydrogen) atoms. The van der Waals surface area contributed by atoms with Crippen molar-refractivity contribution in [2.45, 2.75) is 20.3 Å². The molecule has 5 heteroatoms. The Hall–Kier alpha value is -2.20. The summed E-state index contributed by atoms with van der Waals surface area (Å²) in [6.07, 6.45) is 0.828. The summed E-state index contributed by atoms with van der Waals surface area (Å²) in [7, 11) is 0. The summed E-state index contributed by atoms with van der Waals surface area (Å²) in [6.45, 7) is 5.09. The van der Waals surface area contributed by atoms with Crippen molar-refractivity contribution in [3.05, 3.63) is 52.0 Å². The van der Waals surface area contributed by atoms with E-state index in [0.29, 0.717) is 41.0 Å². The van der Waals surface area contributed by atoms with Crippen molar-refractivity contribution < 1.29 is 14.3 Å². The van der Waals surface area contributed by atoms with E-state index in [1.807, 2.05) is 26.0 Å². The van der Waals surface area contributed by atoms with Gasteiger partial charge in [0.2, 0.25) is 0 Å². The van der Waals surface area contributed by atoms with E-state index in [-0.39, 0.29) is 5.91 Å². The van der Waals surface area contributed by atoms with Crippen molar-refractivity contribution >= 4 is 23.2 Å². The highest BCUT2D eigenvalue weighted by molar-refractivity contribution is 6.34. The number of rotatable bonds is 2. The predicted octanol–water partition coefficient (Wildman–Crippen LogP) is 4.37. The zero-order valence-corrected chi connectivity index (χ0v) is 13.9. The van der Waals surface area contributed by atoms with E-state index in [2.05, 4.69) is 5.32 Å². The lowest BCUT2D eigenvalue weighted by Crippen LogP contribution is -2.13. The molecule has 0 fully saturated rings. The molecule has 0 aliphatic carbocycles. The summed E-state index contributed by atoms with van der Waals surface area (Å²) < 4.78 is 11.2. The van der Waals surface area contributed by atoms with Gasteiger partial charge in [0.15, 0.2) is 11.5 Å². The van der Waals surface area contributed by atoms with Gasteiger partial charge in [-0.2, -0.15) is 0 Å². The van der Waals surface area contributed by atoms with E-state index < -0.39 is 0 Å². The fourth-order valence-electron chi connectivity index (χ4n) is 2.56. The SMILES string of the molecule is Cc1cc(C)c(NC(=O)c2ccc3c(c2)OCCCO3)c(Cl)c1. The zero-order chi connectivity index (χ0) is 16.4. The van der Waals surface area contributed by atoms with Gasteiger partial charge < -0.3 is 14.8 Å². The first-order chi connectivity index (χ1) is 11.0. The van der Waals surface area contributed by atoms with Crippen LogP contribution in [0.15, 0.2) is 30.3 Å². The second-order valence-corrected chi connectivity index (χ2v) is 6.01. The van der Waals surface area contributed by atoms with Gasteiger partial charge in [-0.1, -0.05) is 17.7 Å². The van der Waals surface area contributed by atoms with Crippen LogP contribution in [0.3, 0.4) is 0 Å². The molecule has 0 unspecified atom stereocenters. The molecule has 0 saturated heterocycles. The predicted molar refractivity (Wildman–Crippen MR) is 90.9 cm³/mol. The lowest BCUT2D eigenvalue weighted by atomic mass is 10.1. The average molecular weight is 332 g/mol. The fourth-order valence-corrected chi connectivity index (χ4v) is 2.93. The smallest absolute Gasteiger partial charge is 0.255 e. The Balaban J connectivity index is 1.85. The van der Waals surface area contributed by atoms with E-state index in [4.69, 9.17) is 21.1 Å². The van der Waals surface area contributed by atoms with Gasteiger partial charge in [0, 0.05) is 12.0 Å². The molecule has 2 aromatic rings. The van der Waals surface area contributed by atoms with Gasteiger partial charge in [0.25, 0.3) is 5.91 Å². The summed E-state index contributed by atoms with van der Waals surface area (Å²) in [4.78, 5) is 12.5. The lowest BCUT2D eigenvalue weighted by molar-refractivity contribution is 0.102. The molecular weight excluding hydrogens is 314 g/mol. The number of amides is 1. The van der Waals surface area contributed by atoms with Crippen LogP contribution in [0.2, 0.25) is 5.02 Å². The van der Waals surface area contributed by atoms with E-state index in [0.717, 1.165) is 17.5 Å². The Morgan fingerprint density at radius 2 is 1.83 bits per heavy atom. The minimum atomic E-state index is -0.227. The molecule has 0 aromatic heterocycles. The molecule has 0 bridgehead atoms. The normalized spacial score (nSPS) is 13.3. The fraction of sp³-hybridized carbons (Fsp3) is 0.278. The summed E-state index contributed by atoms with van der Waals surface area (Å²) in [6, 6.07) is 9.00. The van der Waals surface area contributed by atoms with Crippen LogP contribution in [0.4, 0.5) is 5.69 Å². The van der Waals surface area contributed by atoms with Crippen LogP contribution in [-0.2, 0) is 0 Å². The molecule has 1 N–H and O–H groups in total. The van der Waals surface area contributed by atoms with Crippen LogP contribution >= 0.6 is 11.6 Å². The highest BCUT2D eigenvalue weighted by Crippen LogP contribution is 2.32. The summed E-state index contributed by atoms with van der Waals surface area (Å²) in [5, 5.41) is 3.41. The largest absolute Gasteiger partial charge is 0.490 e. The van der Waals surface area contributed by atoms with E-state index in [1.54, 1.807) is 18.2 Å². The topological polar surface area (TPSA) is 47.6 Å². The minimum Gasteiger partial charge on any atom is -0.490 e. The van der Waals surface area contributed by atoms with Gasteiger partial charge in [-0.3, -0.25) is 4.79 Å². The number of carbonyl (C=O) groups is 1. The number of nitrogens with one attached hydrogen (secondary N) is 1. The maximum absolute atomic E-state index is 12.5. The monoisotopic (exact) mass is 331 g/mol. The van der Waals surface area contributed by atoms with Gasteiger partial charge in [0.1, 0.15) is 0 Å². The van der Waals surface area contributed by atoms with Crippen LogP contribution in [0.25, 0.3) is 0 Å². The van der Waals surface area contributed by atoms with Crippen LogP contribution in [0.5, 0.6) is 11.5 Å². The second kappa shape index (κ2) is 6.50. The van der Waals surface area contributed by atoms with Gasteiger partial charge in [0.05, 0.1) is 23.9 Å². The van der Waals surface area contributed by atoms with Gasteiger partial charge in [-0.05, 0) is 49.2 Å². The van der Waals surface area contributed by atoms with Gasteiger partial charge in [-0.25, -0.2) is 0 Å². The highest BCUT2D eigenvalue weighted by Gasteiger charge is 2.16. The molecular formula is C18H18ClNO3. The third-order valence-electron chi connectivity index (χ3n) is 3.68. The standard InChI is InChI=1S/C18H18ClNO3/c1-11-8-12(2)17(14(19)9-11)20-18(21)13-4-5-15-16(10-13)23-7-3-6-22-15/h4-5,8-10H,3,6-7H2,1-2H3,(H,20,21). The number of aryl methyl sites for hydroxylation is 2. The maximum atomic E-state index is 12.5. The Bertz CT molecular complexity index is 735. The first-order valence-corrected chi connectivity index (χ1v) is 7.90. The Morgan fingerprint density at radius 1 is 1.09 bits per heavy atom. The van der Waals surface area contributed by atoms with Crippen molar-refractivity contribution in [1.29, 1.82) is 0 Å². The number of ether oxygens (including phenoxy) is 2. The van der Waals surface area contributed by atoms with E-state index >= 15 is 0 Å². The Kier molecular flexibility index (Phi) is 4.44. The lowest BCUT2D eigenvalue weighted by Gasteiger charge is -2.13. The first kappa shape index (κ1) is 15.7. The molecule has 120 valence electrons. The molecule has 3 rings (SSSR count).